The summed E-state index contributed by atoms with van der Waals surface area (Å²) in [6.45, 7) is 5.02. The van der Waals surface area contributed by atoms with E-state index in [2.05, 4.69) is 36.2 Å². The average Bonchev–Trinajstić information content (AvgIpc) is 2.77. The summed E-state index contributed by atoms with van der Waals surface area (Å²) in [5.74, 6) is 0. The average molecular weight is 229 g/mol. The lowest BCUT2D eigenvalue weighted by Crippen LogP contribution is -2.25. The van der Waals surface area contributed by atoms with Gasteiger partial charge in [-0.2, -0.15) is 5.10 Å². The molecule has 0 saturated heterocycles. The van der Waals surface area contributed by atoms with Crippen molar-refractivity contribution in [3.8, 4) is 11.3 Å². The molecule has 3 N–H and O–H groups in total. The molecule has 0 unspecified atom stereocenters. The summed E-state index contributed by atoms with van der Waals surface area (Å²) in [6.07, 6.45) is 2.84. The minimum Gasteiger partial charge on any atom is -0.330 e. The van der Waals surface area contributed by atoms with E-state index in [0.717, 1.165) is 12.1 Å². The Kier molecular flexibility index (Phi) is 3.29. The molecule has 0 spiro atoms. The second-order valence-corrected chi connectivity index (χ2v) is 5.18. The summed E-state index contributed by atoms with van der Waals surface area (Å²) in [4.78, 5) is 0. The molecule has 0 aliphatic heterocycles. The Hall–Kier alpha value is -1.61. The third-order valence-electron chi connectivity index (χ3n) is 3.00. The quantitative estimate of drug-likeness (QED) is 0.846. The molecule has 3 nitrogen and oxygen atoms in total. The summed E-state index contributed by atoms with van der Waals surface area (Å²) in [7, 11) is 0. The van der Waals surface area contributed by atoms with Crippen molar-refractivity contribution in [1.82, 2.24) is 10.2 Å². The smallest absolute Gasteiger partial charge is 0.0682 e. The van der Waals surface area contributed by atoms with Crippen molar-refractivity contribution in [3.63, 3.8) is 0 Å². The summed E-state index contributed by atoms with van der Waals surface area (Å²) in [5.41, 5.74) is 9.39. The van der Waals surface area contributed by atoms with Gasteiger partial charge in [0.25, 0.3) is 0 Å². The number of aromatic amines is 1. The zero-order valence-electron chi connectivity index (χ0n) is 10.4. The second kappa shape index (κ2) is 4.72. The maximum Gasteiger partial charge on any atom is 0.0682 e. The standard InChI is InChI=1S/C14H19N3/c1-14(2,10-15)8-12-9-16-17-13(12)11-6-4-3-5-7-11/h3-7,9H,8,10,15H2,1-2H3,(H,16,17). The second-order valence-electron chi connectivity index (χ2n) is 5.18. The van der Waals surface area contributed by atoms with Crippen LogP contribution < -0.4 is 5.73 Å². The van der Waals surface area contributed by atoms with Crippen molar-refractivity contribution >= 4 is 0 Å². The molecule has 2 rings (SSSR count). The molecular formula is C14H19N3. The number of hydrogen-bond donors (Lipinski definition) is 2. The van der Waals surface area contributed by atoms with Crippen molar-refractivity contribution in [2.24, 2.45) is 11.1 Å². The van der Waals surface area contributed by atoms with Crippen LogP contribution in [0.3, 0.4) is 0 Å². The first-order valence-corrected chi connectivity index (χ1v) is 5.90. The van der Waals surface area contributed by atoms with Crippen LogP contribution in [0.25, 0.3) is 11.3 Å². The molecule has 3 heteroatoms. The van der Waals surface area contributed by atoms with Crippen LogP contribution in [-0.4, -0.2) is 16.7 Å². The van der Waals surface area contributed by atoms with Gasteiger partial charge in [-0.3, -0.25) is 5.10 Å². The van der Waals surface area contributed by atoms with E-state index in [9.17, 15) is 0 Å². The highest BCUT2D eigenvalue weighted by Crippen LogP contribution is 2.27. The lowest BCUT2D eigenvalue weighted by Gasteiger charge is -2.22. The van der Waals surface area contributed by atoms with Gasteiger partial charge in [0.05, 0.1) is 11.9 Å². The number of benzene rings is 1. The van der Waals surface area contributed by atoms with Crippen molar-refractivity contribution in [1.29, 1.82) is 0 Å². The van der Waals surface area contributed by atoms with Crippen LogP contribution in [0.4, 0.5) is 0 Å². The predicted molar refractivity (Wildman–Crippen MR) is 70.6 cm³/mol. The van der Waals surface area contributed by atoms with Crippen molar-refractivity contribution in [2.45, 2.75) is 20.3 Å². The van der Waals surface area contributed by atoms with E-state index in [-0.39, 0.29) is 5.41 Å². The van der Waals surface area contributed by atoms with Crippen LogP contribution in [0.2, 0.25) is 0 Å². The van der Waals surface area contributed by atoms with E-state index in [0.29, 0.717) is 6.54 Å². The van der Waals surface area contributed by atoms with Gasteiger partial charge in [-0.1, -0.05) is 44.2 Å². The Morgan fingerprint density at radius 1 is 1.24 bits per heavy atom. The topological polar surface area (TPSA) is 54.7 Å². The molecule has 90 valence electrons. The van der Waals surface area contributed by atoms with Crippen LogP contribution in [0, 0.1) is 5.41 Å². The van der Waals surface area contributed by atoms with Gasteiger partial charge in [-0.25, -0.2) is 0 Å². The fourth-order valence-corrected chi connectivity index (χ4v) is 1.89. The first kappa shape index (κ1) is 11.9. The molecule has 1 heterocycles. The largest absolute Gasteiger partial charge is 0.330 e. The van der Waals surface area contributed by atoms with Crippen LogP contribution in [0.1, 0.15) is 19.4 Å². The van der Waals surface area contributed by atoms with Crippen LogP contribution in [-0.2, 0) is 6.42 Å². The van der Waals surface area contributed by atoms with Crippen LogP contribution in [0.5, 0.6) is 0 Å². The number of aromatic nitrogens is 2. The highest BCUT2D eigenvalue weighted by atomic mass is 15.1. The molecule has 0 radical (unpaired) electrons. The molecule has 17 heavy (non-hydrogen) atoms. The van der Waals surface area contributed by atoms with Crippen LogP contribution in [0.15, 0.2) is 36.5 Å². The van der Waals surface area contributed by atoms with Crippen molar-refractivity contribution in [2.75, 3.05) is 6.54 Å². The Morgan fingerprint density at radius 3 is 2.59 bits per heavy atom. The molecule has 1 aromatic carbocycles. The summed E-state index contributed by atoms with van der Waals surface area (Å²) in [5, 5.41) is 7.23. The lowest BCUT2D eigenvalue weighted by molar-refractivity contribution is 0.377. The fraction of sp³-hybridized carbons (Fsp3) is 0.357. The van der Waals surface area contributed by atoms with E-state index in [4.69, 9.17) is 5.73 Å². The maximum atomic E-state index is 5.78. The molecule has 0 aliphatic rings. The highest BCUT2D eigenvalue weighted by Gasteiger charge is 2.19. The molecular weight excluding hydrogens is 210 g/mol. The number of nitrogens with zero attached hydrogens (tertiary/aromatic N) is 1. The Balaban J connectivity index is 2.30. The Labute approximate surface area is 102 Å². The zero-order valence-corrected chi connectivity index (χ0v) is 10.4. The van der Waals surface area contributed by atoms with E-state index < -0.39 is 0 Å². The predicted octanol–water partition coefficient (Wildman–Crippen LogP) is 2.60. The van der Waals surface area contributed by atoms with E-state index >= 15 is 0 Å². The summed E-state index contributed by atoms with van der Waals surface area (Å²) < 4.78 is 0. The molecule has 0 atom stereocenters. The minimum absolute atomic E-state index is 0.105. The molecule has 0 fully saturated rings. The normalized spacial score (nSPS) is 11.7. The molecule has 2 aromatic rings. The van der Waals surface area contributed by atoms with Gasteiger partial charge in [-0.05, 0) is 29.5 Å². The monoisotopic (exact) mass is 229 g/mol. The van der Waals surface area contributed by atoms with Gasteiger partial charge in [0, 0.05) is 0 Å². The number of nitrogens with one attached hydrogen (secondary N) is 1. The highest BCUT2D eigenvalue weighted by molar-refractivity contribution is 5.62. The number of H-pyrrole nitrogens is 1. The fourth-order valence-electron chi connectivity index (χ4n) is 1.89. The Morgan fingerprint density at radius 2 is 1.94 bits per heavy atom. The van der Waals surface area contributed by atoms with E-state index in [1.807, 2.05) is 24.4 Å². The molecule has 0 amide bonds. The summed E-state index contributed by atoms with van der Waals surface area (Å²) in [6, 6.07) is 10.3. The van der Waals surface area contributed by atoms with Gasteiger partial charge in [-0.15, -0.1) is 0 Å². The maximum absolute atomic E-state index is 5.78. The number of rotatable bonds is 4. The number of hydrogen-bond acceptors (Lipinski definition) is 2. The van der Waals surface area contributed by atoms with Gasteiger partial charge < -0.3 is 5.73 Å². The SMILES string of the molecule is CC(C)(CN)Cc1cn[nH]c1-c1ccccc1. The van der Waals surface area contributed by atoms with Gasteiger partial charge in [0.1, 0.15) is 0 Å². The Bertz CT molecular complexity index is 471. The van der Waals surface area contributed by atoms with Gasteiger partial charge in [0.2, 0.25) is 0 Å². The molecule has 1 aromatic heterocycles. The van der Waals surface area contributed by atoms with Crippen molar-refractivity contribution < 1.29 is 0 Å². The van der Waals surface area contributed by atoms with Gasteiger partial charge in [0.15, 0.2) is 0 Å². The zero-order chi connectivity index (χ0) is 12.3. The lowest BCUT2D eigenvalue weighted by atomic mass is 9.85. The van der Waals surface area contributed by atoms with E-state index in [1.54, 1.807) is 0 Å². The molecule has 0 bridgehead atoms. The molecule has 0 aliphatic carbocycles. The third kappa shape index (κ3) is 2.74. The first-order valence-electron chi connectivity index (χ1n) is 5.90. The third-order valence-corrected chi connectivity index (χ3v) is 3.00. The van der Waals surface area contributed by atoms with E-state index in [1.165, 1.54) is 11.1 Å². The van der Waals surface area contributed by atoms with Crippen molar-refractivity contribution in [3.05, 3.63) is 42.1 Å². The number of nitrogens with two attached hydrogens (primary N) is 1. The minimum atomic E-state index is 0.105. The van der Waals surface area contributed by atoms with Gasteiger partial charge >= 0.3 is 0 Å². The van der Waals surface area contributed by atoms with Crippen LogP contribution >= 0.6 is 0 Å². The first-order chi connectivity index (χ1) is 8.12. The summed E-state index contributed by atoms with van der Waals surface area (Å²) >= 11 is 0. The molecule has 0 saturated carbocycles.